The zero-order valence-electron chi connectivity index (χ0n) is 9.59. The first kappa shape index (κ1) is 12.7. The van der Waals surface area contributed by atoms with Crippen molar-refractivity contribution in [2.75, 3.05) is 4.72 Å². The number of ether oxygens (including phenoxy) is 1. The quantitative estimate of drug-likeness (QED) is 0.852. The first-order valence-electron chi connectivity index (χ1n) is 5.50. The van der Waals surface area contributed by atoms with Crippen molar-refractivity contribution in [2.45, 2.75) is 25.4 Å². The van der Waals surface area contributed by atoms with E-state index >= 15 is 0 Å². The Morgan fingerprint density at radius 2 is 2.17 bits per heavy atom. The van der Waals surface area contributed by atoms with Gasteiger partial charge in [0, 0.05) is 0 Å². The van der Waals surface area contributed by atoms with Crippen molar-refractivity contribution in [2.24, 2.45) is 5.14 Å². The maximum atomic E-state index is 11.0. The Morgan fingerprint density at radius 3 is 2.67 bits per heavy atom. The van der Waals surface area contributed by atoms with E-state index in [1.54, 1.807) is 12.1 Å². The minimum atomic E-state index is -3.90. The highest BCUT2D eigenvalue weighted by Crippen LogP contribution is 2.31. The van der Waals surface area contributed by atoms with E-state index in [2.05, 4.69) is 4.72 Å². The van der Waals surface area contributed by atoms with Crippen LogP contribution in [0.1, 0.15) is 24.8 Å². The molecule has 0 aliphatic heterocycles. The van der Waals surface area contributed by atoms with Crippen molar-refractivity contribution in [3.8, 4) is 11.8 Å². The standard InChI is InChI=1S/C11H13N3O3S/c12-7-9-10(14-18(13,15)16)5-2-6-11(9)17-8-3-1-4-8/h2,5-6,8,14H,1,3-4H2,(H2,13,15,16). The van der Waals surface area contributed by atoms with Crippen LogP contribution >= 0.6 is 0 Å². The first-order chi connectivity index (χ1) is 8.49. The minimum absolute atomic E-state index is 0.113. The van der Waals surface area contributed by atoms with Gasteiger partial charge in [-0.25, -0.2) is 5.14 Å². The van der Waals surface area contributed by atoms with Gasteiger partial charge in [0.2, 0.25) is 0 Å². The summed E-state index contributed by atoms with van der Waals surface area (Å²) in [6.07, 6.45) is 3.14. The Kier molecular flexibility index (Phi) is 3.41. The molecule has 0 radical (unpaired) electrons. The Labute approximate surface area is 106 Å². The number of hydrogen-bond acceptors (Lipinski definition) is 4. The summed E-state index contributed by atoms with van der Waals surface area (Å²) in [5.74, 6) is 0.385. The van der Waals surface area contributed by atoms with E-state index in [9.17, 15) is 8.42 Å². The van der Waals surface area contributed by atoms with Gasteiger partial charge in [-0.1, -0.05) is 6.07 Å². The van der Waals surface area contributed by atoms with Gasteiger partial charge < -0.3 is 4.74 Å². The van der Waals surface area contributed by atoms with E-state index in [4.69, 9.17) is 15.1 Å². The van der Waals surface area contributed by atoms with Crippen LogP contribution in [0.25, 0.3) is 0 Å². The van der Waals surface area contributed by atoms with Crippen LogP contribution < -0.4 is 14.6 Å². The van der Waals surface area contributed by atoms with Gasteiger partial charge in [0.05, 0.1) is 11.8 Å². The molecule has 0 amide bonds. The SMILES string of the molecule is N#Cc1c(NS(N)(=O)=O)cccc1OC1CCC1. The van der Waals surface area contributed by atoms with Crippen LogP contribution in [0.4, 0.5) is 5.69 Å². The van der Waals surface area contributed by atoms with E-state index in [1.165, 1.54) is 6.07 Å². The number of nitriles is 1. The molecule has 0 spiro atoms. The zero-order valence-corrected chi connectivity index (χ0v) is 10.4. The normalized spacial score (nSPS) is 15.6. The smallest absolute Gasteiger partial charge is 0.296 e. The Bertz CT molecular complexity index is 588. The van der Waals surface area contributed by atoms with Gasteiger partial charge in [0.25, 0.3) is 10.2 Å². The van der Waals surface area contributed by atoms with E-state index < -0.39 is 10.2 Å². The van der Waals surface area contributed by atoms with Crippen LogP contribution in [0.15, 0.2) is 18.2 Å². The average Bonchev–Trinajstić information content (AvgIpc) is 2.21. The van der Waals surface area contributed by atoms with Crippen LogP contribution in [-0.4, -0.2) is 14.5 Å². The number of benzene rings is 1. The van der Waals surface area contributed by atoms with Crippen molar-refractivity contribution < 1.29 is 13.2 Å². The summed E-state index contributed by atoms with van der Waals surface area (Å²) >= 11 is 0. The highest BCUT2D eigenvalue weighted by Gasteiger charge is 2.21. The molecule has 3 N–H and O–H groups in total. The lowest BCUT2D eigenvalue weighted by Gasteiger charge is -2.27. The number of nitrogens with one attached hydrogen (secondary N) is 1. The molecule has 96 valence electrons. The van der Waals surface area contributed by atoms with Gasteiger partial charge in [0.1, 0.15) is 17.4 Å². The second kappa shape index (κ2) is 4.84. The third kappa shape index (κ3) is 2.91. The molecule has 0 saturated heterocycles. The summed E-state index contributed by atoms with van der Waals surface area (Å²) in [6, 6.07) is 6.66. The molecule has 7 heteroatoms. The summed E-state index contributed by atoms with van der Waals surface area (Å²) in [5.41, 5.74) is 0.287. The third-order valence-electron chi connectivity index (χ3n) is 2.74. The van der Waals surface area contributed by atoms with E-state index in [0.29, 0.717) is 5.75 Å². The van der Waals surface area contributed by atoms with Crippen LogP contribution in [0, 0.1) is 11.3 Å². The van der Waals surface area contributed by atoms with E-state index in [1.807, 2.05) is 6.07 Å². The van der Waals surface area contributed by atoms with Crippen molar-refractivity contribution in [3.63, 3.8) is 0 Å². The molecular weight excluding hydrogens is 254 g/mol. The summed E-state index contributed by atoms with van der Waals surface area (Å²) < 4.78 is 29.7. The minimum Gasteiger partial charge on any atom is -0.489 e. The number of anilines is 1. The fourth-order valence-electron chi connectivity index (χ4n) is 1.65. The van der Waals surface area contributed by atoms with Crippen LogP contribution in [0.3, 0.4) is 0 Å². The Hall–Kier alpha value is -1.78. The molecule has 0 bridgehead atoms. The molecule has 1 fully saturated rings. The van der Waals surface area contributed by atoms with Gasteiger partial charge in [0.15, 0.2) is 0 Å². The lowest BCUT2D eigenvalue weighted by molar-refractivity contribution is 0.120. The van der Waals surface area contributed by atoms with Crippen molar-refractivity contribution in [3.05, 3.63) is 23.8 Å². The summed E-state index contributed by atoms with van der Waals surface area (Å²) in [4.78, 5) is 0. The van der Waals surface area contributed by atoms with Crippen LogP contribution in [0.5, 0.6) is 5.75 Å². The van der Waals surface area contributed by atoms with E-state index in [-0.39, 0.29) is 17.4 Å². The topological polar surface area (TPSA) is 105 Å². The number of rotatable bonds is 4. The van der Waals surface area contributed by atoms with Gasteiger partial charge in [-0.05, 0) is 31.4 Å². The monoisotopic (exact) mass is 267 g/mol. The van der Waals surface area contributed by atoms with Gasteiger partial charge in [-0.15, -0.1) is 0 Å². The molecule has 0 heterocycles. The third-order valence-corrected chi connectivity index (χ3v) is 3.24. The number of nitrogens with zero attached hydrogens (tertiary/aromatic N) is 1. The number of nitrogens with two attached hydrogens (primary N) is 1. The molecule has 0 atom stereocenters. The lowest BCUT2D eigenvalue weighted by atomic mass is 9.96. The Balaban J connectivity index is 2.30. The van der Waals surface area contributed by atoms with Gasteiger partial charge in [-0.3, -0.25) is 4.72 Å². The number of hydrogen-bond donors (Lipinski definition) is 2. The molecule has 0 unspecified atom stereocenters. The maximum absolute atomic E-state index is 11.0. The summed E-state index contributed by atoms with van der Waals surface area (Å²) in [7, 11) is -3.90. The molecule has 1 aliphatic carbocycles. The van der Waals surface area contributed by atoms with Gasteiger partial charge >= 0.3 is 0 Å². The largest absolute Gasteiger partial charge is 0.489 e. The molecule has 1 aliphatic rings. The molecule has 1 aromatic rings. The molecule has 6 nitrogen and oxygen atoms in total. The molecular formula is C11H13N3O3S. The van der Waals surface area contributed by atoms with Crippen molar-refractivity contribution in [1.82, 2.24) is 0 Å². The Morgan fingerprint density at radius 1 is 1.44 bits per heavy atom. The maximum Gasteiger partial charge on any atom is 0.296 e. The predicted molar refractivity (Wildman–Crippen MR) is 66.2 cm³/mol. The molecule has 1 saturated carbocycles. The second-order valence-corrected chi connectivity index (χ2v) is 5.40. The predicted octanol–water partition coefficient (Wildman–Crippen LogP) is 1.10. The highest BCUT2D eigenvalue weighted by atomic mass is 32.2. The zero-order chi connectivity index (χ0) is 13.2. The lowest BCUT2D eigenvalue weighted by Crippen LogP contribution is -2.25. The molecule has 1 aromatic carbocycles. The van der Waals surface area contributed by atoms with Crippen molar-refractivity contribution in [1.29, 1.82) is 5.26 Å². The van der Waals surface area contributed by atoms with Crippen molar-refractivity contribution >= 4 is 15.9 Å². The van der Waals surface area contributed by atoms with Crippen LogP contribution in [0.2, 0.25) is 0 Å². The molecule has 18 heavy (non-hydrogen) atoms. The fraction of sp³-hybridized carbons (Fsp3) is 0.364. The van der Waals surface area contributed by atoms with E-state index in [0.717, 1.165) is 19.3 Å². The summed E-state index contributed by atoms with van der Waals surface area (Å²) in [6.45, 7) is 0. The fourth-order valence-corrected chi connectivity index (χ4v) is 2.13. The van der Waals surface area contributed by atoms with Crippen LogP contribution in [-0.2, 0) is 10.2 Å². The van der Waals surface area contributed by atoms with Gasteiger partial charge in [-0.2, -0.15) is 13.7 Å². The highest BCUT2D eigenvalue weighted by molar-refractivity contribution is 7.90. The molecule has 0 aromatic heterocycles. The molecule has 2 rings (SSSR count). The average molecular weight is 267 g/mol. The first-order valence-corrected chi connectivity index (χ1v) is 7.04. The summed E-state index contributed by atoms with van der Waals surface area (Å²) in [5, 5.41) is 14.0. The second-order valence-electron chi connectivity index (χ2n) is 4.11.